The molecule has 1 aliphatic carbocycles. The van der Waals surface area contributed by atoms with Gasteiger partial charge in [0.15, 0.2) is 0 Å². The summed E-state index contributed by atoms with van der Waals surface area (Å²) in [6, 6.07) is 5.96. The molecule has 2 rings (SSSR count). The van der Waals surface area contributed by atoms with Crippen LogP contribution in [0.5, 0.6) is 0 Å². The molecule has 1 aromatic rings. The minimum atomic E-state index is -0.845. The summed E-state index contributed by atoms with van der Waals surface area (Å²) >= 11 is 1.79. The number of carbonyl (C=O) groups excluding carboxylic acids is 1. The molecular formula is C19H27NO3S. The van der Waals surface area contributed by atoms with Crippen molar-refractivity contribution in [3.63, 3.8) is 0 Å². The van der Waals surface area contributed by atoms with E-state index in [2.05, 4.69) is 5.32 Å². The molecule has 1 saturated carbocycles. The third-order valence-electron chi connectivity index (χ3n) is 4.47. The Balaban J connectivity index is 2.06. The third-order valence-corrected chi connectivity index (χ3v) is 5.89. The second-order valence-electron chi connectivity index (χ2n) is 6.56. The van der Waals surface area contributed by atoms with Crippen molar-refractivity contribution < 1.29 is 14.7 Å². The number of benzene rings is 1. The van der Waals surface area contributed by atoms with Crippen LogP contribution in [0.15, 0.2) is 23.1 Å². The lowest BCUT2D eigenvalue weighted by Crippen LogP contribution is -2.33. The average Bonchev–Trinajstić information content (AvgIpc) is 3.05. The molecule has 5 heteroatoms. The van der Waals surface area contributed by atoms with Gasteiger partial charge in [-0.2, -0.15) is 0 Å². The summed E-state index contributed by atoms with van der Waals surface area (Å²) < 4.78 is 0. The van der Waals surface area contributed by atoms with Crippen molar-refractivity contribution in [2.75, 3.05) is 6.54 Å². The molecule has 1 amide bonds. The van der Waals surface area contributed by atoms with E-state index >= 15 is 0 Å². The number of hydrogen-bond acceptors (Lipinski definition) is 3. The lowest BCUT2D eigenvalue weighted by Gasteiger charge is -2.16. The molecule has 0 saturated heterocycles. The van der Waals surface area contributed by atoms with Gasteiger partial charge in [-0.15, -0.1) is 11.8 Å². The second kappa shape index (κ2) is 9.11. The van der Waals surface area contributed by atoms with Crippen LogP contribution in [0, 0.1) is 12.8 Å². The van der Waals surface area contributed by atoms with Crippen LogP contribution in [0.3, 0.4) is 0 Å². The number of carboxylic acid groups (broad SMARTS) is 1. The van der Waals surface area contributed by atoms with E-state index in [0.717, 1.165) is 16.9 Å². The van der Waals surface area contributed by atoms with Crippen molar-refractivity contribution in [2.24, 2.45) is 5.92 Å². The van der Waals surface area contributed by atoms with Crippen LogP contribution in [0.25, 0.3) is 0 Å². The molecule has 132 valence electrons. The van der Waals surface area contributed by atoms with E-state index in [1.165, 1.54) is 25.7 Å². The normalized spacial score (nSPS) is 16.1. The van der Waals surface area contributed by atoms with Crippen LogP contribution in [-0.2, 0) is 4.79 Å². The molecule has 2 N–H and O–H groups in total. The first-order valence-corrected chi connectivity index (χ1v) is 9.67. The Labute approximate surface area is 148 Å². The monoisotopic (exact) mass is 349 g/mol. The van der Waals surface area contributed by atoms with E-state index in [1.807, 2.05) is 32.0 Å². The number of rotatable bonds is 8. The fraction of sp³-hybridized carbons (Fsp3) is 0.579. The van der Waals surface area contributed by atoms with E-state index in [0.29, 0.717) is 17.2 Å². The standard InChI is InChI=1S/C19H27NO3S/c1-3-6-14(19(22)23)12-20-18(21)16-11-13(2)9-10-17(16)24-15-7-4-5-8-15/h9-11,14-15H,3-8,12H2,1-2H3,(H,20,21)(H,22,23). The van der Waals surface area contributed by atoms with Crippen LogP contribution in [0.1, 0.15) is 61.4 Å². The minimum absolute atomic E-state index is 0.165. The van der Waals surface area contributed by atoms with Crippen molar-refractivity contribution in [3.8, 4) is 0 Å². The quantitative estimate of drug-likeness (QED) is 0.736. The minimum Gasteiger partial charge on any atom is -0.481 e. The highest BCUT2D eigenvalue weighted by atomic mass is 32.2. The molecule has 1 atom stereocenters. The summed E-state index contributed by atoms with van der Waals surface area (Å²) in [6.07, 6.45) is 6.31. The molecule has 0 bridgehead atoms. The number of carbonyl (C=O) groups is 2. The predicted octanol–water partition coefficient (Wildman–Crippen LogP) is 4.26. The topological polar surface area (TPSA) is 66.4 Å². The van der Waals surface area contributed by atoms with Crippen molar-refractivity contribution in [1.29, 1.82) is 0 Å². The highest BCUT2D eigenvalue weighted by Gasteiger charge is 2.22. The van der Waals surface area contributed by atoms with Crippen LogP contribution < -0.4 is 5.32 Å². The van der Waals surface area contributed by atoms with Gasteiger partial charge >= 0.3 is 5.97 Å². The van der Waals surface area contributed by atoms with Gasteiger partial charge in [0, 0.05) is 16.7 Å². The number of aryl methyl sites for hydroxylation is 1. The number of nitrogens with one attached hydrogen (secondary N) is 1. The van der Waals surface area contributed by atoms with Gasteiger partial charge in [-0.1, -0.05) is 37.8 Å². The van der Waals surface area contributed by atoms with E-state index in [4.69, 9.17) is 0 Å². The molecule has 1 unspecified atom stereocenters. The summed E-state index contributed by atoms with van der Waals surface area (Å²) in [4.78, 5) is 24.8. The molecule has 0 spiro atoms. The highest BCUT2D eigenvalue weighted by molar-refractivity contribution is 8.00. The molecule has 1 aliphatic rings. The molecule has 24 heavy (non-hydrogen) atoms. The molecule has 1 fully saturated rings. The van der Waals surface area contributed by atoms with Gasteiger partial charge in [0.05, 0.1) is 11.5 Å². The zero-order valence-corrected chi connectivity index (χ0v) is 15.3. The summed E-state index contributed by atoms with van der Waals surface area (Å²) in [5, 5.41) is 12.6. The Bertz CT molecular complexity index is 582. The van der Waals surface area contributed by atoms with Crippen LogP contribution in [0.4, 0.5) is 0 Å². The van der Waals surface area contributed by atoms with Gasteiger partial charge in [0.2, 0.25) is 0 Å². The fourth-order valence-corrected chi connectivity index (χ4v) is 4.44. The van der Waals surface area contributed by atoms with Crippen LogP contribution >= 0.6 is 11.8 Å². The largest absolute Gasteiger partial charge is 0.481 e. The number of hydrogen-bond donors (Lipinski definition) is 2. The smallest absolute Gasteiger partial charge is 0.308 e. The van der Waals surface area contributed by atoms with E-state index in [1.54, 1.807) is 11.8 Å². The van der Waals surface area contributed by atoms with Gasteiger partial charge in [-0.3, -0.25) is 9.59 Å². The van der Waals surface area contributed by atoms with E-state index in [9.17, 15) is 14.7 Å². The molecule has 0 radical (unpaired) electrons. The zero-order chi connectivity index (χ0) is 17.5. The van der Waals surface area contributed by atoms with E-state index in [-0.39, 0.29) is 12.5 Å². The first-order chi connectivity index (χ1) is 11.5. The maximum absolute atomic E-state index is 12.6. The Morgan fingerprint density at radius 3 is 2.67 bits per heavy atom. The van der Waals surface area contributed by atoms with Gasteiger partial charge in [-0.25, -0.2) is 0 Å². The molecule has 0 aliphatic heterocycles. The van der Waals surface area contributed by atoms with Gasteiger partial charge in [-0.05, 0) is 38.3 Å². The first kappa shape index (κ1) is 18.8. The molecule has 4 nitrogen and oxygen atoms in total. The Morgan fingerprint density at radius 2 is 2.04 bits per heavy atom. The zero-order valence-electron chi connectivity index (χ0n) is 14.5. The predicted molar refractivity (Wildman–Crippen MR) is 97.7 cm³/mol. The van der Waals surface area contributed by atoms with Gasteiger partial charge < -0.3 is 10.4 Å². The molecular weight excluding hydrogens is 322 g/mol. The average molecular weight is 349 g/mol. The van der Waals surface area contributed by atoms with Crippen LogP contribution in [0.2, 0.25) is 0 Å². The summed E-state index contributed by atoms with van der Waals surface area (Å²) in [5.41, 5.74) is 1.71. The first-order valence-electron chi connectivity index (χ1n) is 8.79. The number of aliphatic carboxylic acids is 1. The maximum atomic E-state index is 12.6. The number of carboxylic acids is 1. The molecule has 1 aromatic carbocycles. The molecule has 0 heterocycles. The van der Waals surface area contributed by atoms with Crippen molar-refractivity contribution in [1.82, 2.24) is 5.32 Å². The van der Waals surface area contributed by atoms with Crippen molar-refractivity contribution in [3.05, 3.63) is 29.3 Å². The Hall–Kier alpha value is -1.49. The lowest BCUT2D eigenvalue weighted by atomic mass is 10.0. The Kier molecular flexibility index (Phi) is 7.16. The summed E-state index contributed by atoms with van der Waals surface area (Å²) in [6.45, 7) is 4.11. The maximum Gasteiger partial charge on any atom is 0.308 e. The summed E-state index contributed by atoms with van der Waals surface area (Å²) in [7, 11) is 0. The second-order valence-corrected chi connectivity index (χ2v) is 7.90. The third kappa shape index (κ3) is 5.26. The van der Waals surface area contributed by atoms with Crippen molar-refractivity contribution in [2.45, 2.75) is 62.5 Å². The number of thioether (sulfide) groups is 1. The molecule has 0 aromatic heterocycles. The highest BCUT2D eigenvalue weighted by Crippen LogP contribution is 2.36. The van der Waals surface area contributed by atoms with Gasteiger partial charge in [0.1, 0.15) is 0 Å². The number of amides is 1. The SMILES string of the molecule is CCCC(CNC(=O)c1cc(C)ccc1SC1CCCC1)C(=O)O. The van der Waals surface area contributed by atoms with Crippen molar-refractivity contribution >= 4 is 23.6 Å². The van der Waals surface area contributed by atoms with Gasteiger partial charge in [0.25, 0.3) is 5.91 Å². The summed E-state index contributed by atoms with van der Waals surface area (Å²) in [5.74, 6) is -1.53. The van der Waals surface area contributed by atoms with Crippen LogP contribution in [-0.4, -0.2) is 28.8 Å². The lowest BCUT2D eigenvalue weighted by molar-refractivity contribution is -0.141. The Morgan fingerprint density at radius 1 is 1.33 bits per heavy atom. The fourth-order valence-electron chi connectivity index (χ4n) is 3.08. The van der Waals surface area contributed by atoms with E-state index < -0.39 is 11.9 Å².